The van der Waals surface area contributed by atoms with Gasteiger partial charge < -0.3 is 9.84 Å². The van der Waals surface area contributed by atoms with Gasteiger partial charge in [0.05, 0.1) is 0 Å². The third-order valence-corrected chi connectivity index (χ3v) is 3.84. The van der Waals surface area contributed by atoms with Crippen LogP contribution in [-0.2, 0) is 14.3 Å². The van der Waals surface area contributed by atoms with Crippen molar-refractivity contribution in [1.82, 2.24) is 0 Å². The van der Waals surface area contributed by atoms with E-state index in [2.05, 4.69) is 12.2 Å². The number of carbonyl (C=O) groups is 2. The van der Waals surface area contributed by atoms with E-state index in [4.69, 9.17) is 9.84 Å². The topological polar surface area (TPSA) is 63.6 Å². The number of aliphatic carboxylic acids is 1. The summed E-state index contributed by atoms with van der Waals surface area (Å²) < 4.78 is 5.33. The third kappa shape index (κ3) is 2.51. The fourth-order valence-corrected chi connectivity index (χ4v) is 3.11. The number of carbonyl (C=O) groups excluding carboxylic acids is 1. The first-order chi connectivity index (χ1) is 7.88. The average molecular weight is 238 g/mol. The zero-order valence-electron chi connectivity index (χ0n) is 10.2. The van der Waals surface area contributed by atoms with E-state index in [1.165, 1.54) is 0 Å². The number of rotatable bonds is 4. The maximum atomic E-state index is 11.4. The minimum absolute atomic E-state index is 0.315. The first-order valence-electron chi connectivity index (χ1n) is 6.00. The Labute approximate surface area is 101 Å². The molecule has 0 aromatic rings. The lowest BCUT2D eigenvalue weighted by molar-refractivity contribution is -0.166. The lowest BCUT2D eigenvalue weighted by Gasteiger charge is -2.35. The Balaban J connectivity index is 1.97. The van der Waals surface area contributed by atoms with Crippen LogP contribution in [0.1, 0.15) is 33.1 Å². The van der Waals surface area contributed by atoms with Crippen molar-refractivity contribution in [2.24, 2.45) is 17.8 Å². The quantitative estimate of drug-likeness (QED) is 0.462. The summed E-state index contributed by atoms with van der Waals surface area (Å²) in [6.45, 7) is 3.76. The van der Waals surface area contributed by atoms with Crippen molar-refractivity contribution in [2.75, 3.05) is 0 Å². The molecule has 3 unspecified atom stereocenters. The maximum absolute atomic E-state index is 11.4. The summed E-state index contributed by atoms with van der Waals surface area (Å²) >= 11 is 0. The first kappa shape index (κ1) is 12.1. The molecule has 0 radical (unpaired) electrons. The van der Waals surface area contributed by atoms with Crippen LogP contribution in [0.4, 0.5) is 0 Å². The molecule has 0 saturated heterocycles. The second kappa shape index (κ2) is 4.17. The van der Waals surface area contributed by atoms with Crippen LogP contribution in [0.3, 0.4) is 0 Å². The summed E-state index contributed by atoms with van der Waals surface area (Å²) in [5.41, 5.74) is -0.573. The van der Waals surface area contributed by atoms with Gasteiger partial charge in [-0.25, -0.2) is 0 Å². The number of allylic oxidation sites excluding steroid dienone is 2. The molecule has 0 aliphatic heterocycles. The Morgan fingerprint density at radius 3 is 2.53 bits per heavy atom. The fraction of sp³-hybridized carbons (Fsp3) is 0.692. The zero-order chi connectivity index (χ0) is 12.6. The summed E-state index contributed by atoms with van der Waals surface area (Å²) in [5, 5.41) is 8.54. The molecule has 94 valence electrons. The molecule has 4 heteroatoms. The van der Waals surface area contributed by atoms with Gasteiger partial charge in [-0.1, -0.05) is 12.2 Å². The molecule has 0 heterocycles. The van der Waals surface area contributed by atoms with Crippen LogP contribution in [0.5, 0.6) is 0 Å². The summed E-state index contributed by atoms with van der Waals surface area (Å²) in [6.07, 6.45) is 6.06. The lowest BCUT2D eigenvalue weighted by Crippen LogP contribution is -2.39. The van der Waals surface area contributed by atoms with Crippen LogP contribution >= 0.6 is 0 Å². The van der Waals surface area contributed by atoms with Crippen molar-refractivity contribution in [3.63, 3.8) is 0 Å². The molecule has 2 aliphatic rings. The molecule has 0 aromatic heterocycles. The molecule has 1 fully saturated rings. The number of esters is 1. The van der Waals surface area contributed by atoms with E-state index in [9.17, 15) is 9.59 Å². The van der Waals surface area contributed by atoms with Crippen molar-refractivity contribution in [3.8, 4) is 0 Å². The fourth-order valence-electron chi connectivity index (χ4n) is 3.11. The average Bonchev–Trinajstić information content (AvgIpc) is 2.75. The molecule has 0 spiro atoms. The minimum atomic E-state index is -1.14. The largest absolute Gasteiger partial charge is 0.481 e. The van der Waals surface area contributed by atoms with Crippen molar-refractivity contribution in [2.45, 2.75) is 38.7 Å². The number of carboxylic acid groups (broad SMARTS) is 1. The van der Waals surface area contributed by atoms with Gasteiger partial charge in [0.1, 0.15) is 12.0 Å². The molecule has 0 amide bonds. The summed E-state index contributed by atoms with van der Waals surface area (Å²) in [7, 11) is 0. The smallest absolute Gasteiger partial charge is 0.317 e. The Bertz CT molecular complexity index is 370. The molecule has 2 rings (SSSR count). The van der Waals surface area contributed by atoms with Gasteiger partial charge in [-0.15, -0.1) is 0 Å². The summed E-state index contributed by atoms with van der Waals surface area (Å²) in [6, 6.07) is 0. The van der Waals surface area contributed by atoms with Crippen molar-refractivity contribution >= 4 is 11.9 Å². The first-order valence-corrected chi connectivity index (χ1v) is 6.00. The highest BCUT2D eigenvalue weighted by Crippen LogP contribution is 2.49. The Kier molecular flexibility index (Phi) is 2.98. The molecule has 1 saturated carbocycles. The number of hydrogen-bond acceptors (Lipinski definition) is 3. The lowest BCUT2D eigenvalue weighted by atomic mass is 9.80. The van der Waals surface area contributed by atoms with Gasteiger partial charge in [0.25, 0.3) is 0 Å². The van der Waals surface area contributed by atoms with E-state index in [-0.39, 0.29) is 0 Å². The molecule has 3 atom stereocenters. The SMILES string of the molecule is CC(C)(OC(=O)CC(=O)O)C1CC2C=CC1C2. The summed E-state index contributed by atoms with van der Waals surface area (Å²) in [4.78, 5) is 21.8. The van der Waals surface area contributed by atoms with Gasteiger partial charge in [-0.05, 0) is 38.5 Å². The molecule has 1 N–H and O–H groups in total. The van der Waals surface area contributed by atoms with Gasteiger partial charge in [-0.2, -0.15) is 0 Å². The predicted octanol–water partition coefficient (Wildman–Crippen LogP) is 2.00. The normalized spacial score (nSPS) is 30.6. The Hall–Kier alpha value is -1.32. The highest BCUT2D eigenvalue weighted by molar-refractivity contribution is 5.90. The monoisotopic (exact) mass is 238 g/mol. The van der Waals surface area contributed by atoms with Crippen LogP contribution in [0.2, 0.25) is 0 Å². The number of ether oxygens (including phenoxy) is 1. The molecule has 17 heavy (non-hydrogen) atoms. The van der Waals surface area contributed by atoms with Crippen LogP contribution in [0.15, 0.2) is 12.2 Å². The Morgan fingerprint density at radius 2 is 2.06 bits per heavy atom. The van der Waals surface area contributed by atoms with Crippen molar-refractivity contribution < 1.29 is 19.4 Å². The van der Waals surface area contributed by atoms with Gasteiger partial charge >= 0.3 is 11.9 Å². The molecule has 2 aliphatic carbocycles. The van der Waals surface area contributed by atoms with E-state index < -0.39 is 24.0 Å². The molecule has 2 bridgehead atoms. The molecular formula is C13H18O4. The minimum Gasteiger partial charge on any atom is -0.481 e. The summed E-state index contributed by atoms with van der Waals surface area (Å²) in [5.74, 6) is -0.377. The van der Waals surface area contributed by atoms with E-state index in [1.807, 2.05) is 13.8 Å². The van der Waals surface area contributed by atoms with Crippen LogP contribution < -0.4 is 0 Å². The van der Waals surface area contributed by atoms with Crippen LogP contribution in [0, 0.1) is 17.8 Å². The van der Waals surface area contributed by atoms with Crippen molar-refractivity contribution in [1.29, 1.82) is 0 Å². The number of hydrogen-bond donors (Lipinski definition) is 1. The molecule has 0 aromatic carbocycles. The third-order valence-electron chi connectivity index (χ3n) is 3.84. The zero-order valence-corrected chi connectivity index (χ0v) is 10.2. The van der Waals surface area contributed by atoms with Crippen LogP contribution in [0.25, 0.3) is 0 Å². The maximum Gasteiger partial charge on any atom is 0.317 e. The van der Waals surface area contributed by atoms with E-state index in [0.717, 1.165) is 12.8 Å². The van der Waals surface area contributed by atoms with E-state index in [1.54, 1.807) is 0 Å². The van der Waals surface area contributed by atoms with Gasteiger partial charge in [0, 0.05) is 5.92 Å². The van der Waals surface area contributed by atoms with Crippen molar-refractivity contribution in [3.05, 3.63) is 12.2 Å². The second-order valence-corrected chi connectivity index (χ2v) is 5.53. The highest BCUT2D eigenvalue weighted by Gasteiger charge is 2.45. The van der Waals surface area contributed by atoms with Crippen LogP contribution in [-0.4, -0.2) is 22.6 Å². The van der Waals surface area contributed by atoms with Gasteiger partial charge in [-0.3, -0.25) is 9.59 Å². The van der Waals surface area contributed by atoms with Gasteiger partial charge in [0.2, 0.25) is 0 Å². The number of fused-ring (bicyclic) bond motifs is 2. The second-order valence-electron chi connectivity index (χ2n) is 5.53. The van der Waals surface area contributed by atoms with E-state index in [0.29, 0.717) is 17.8 Å². The molecule has 4 nitrogen and oxygen atoms in total. The highest BCUT2D eigenvalue weighted by atomic mass is 16.6. The Morgan fingerprint density at radius 1 is 1.35 bits per heavy atom. The number of carboxylic acids is 1. The van der Waals surface area contributed by atoms with E-state index >= 15 is 0 Å². The molecular weight excluding hydrogens is 220 g/mol. The predicted molar refractivity (Wildman–Crippen MR) is 61.3 cm³/mol. The van der Waals surface area contributed by atoms with Gasteiger partial charge in [0.15, 0.2) is 0 Å². The standard InChI is InChI=1S/C13H18O4/c1-13(2,17-12(16)7-11(14)15)10-6-8-3-4-9(10)5-8/h3-4,8-10H,5-7H2,1-2H3,(H,14,15).